The van der Waals surface area contributed by atoms with Gasteiger partial charge in [0.1, 0.15) is 6.04 Å². The second-order valence-corrected chi connectivity index (χ2v) is 7.10. The van der Waals surface area contributed by atoms with E-state index in [1.165, 1.54) is 36.2 Å². The van der Waals surface area contributed by atoms with Crippen LogP contribution < -0.4 is 5.32 Å². The molecular weight excluding hydrogens is 337 g/mol. The molecule has 25 heavy (non-hydrogen) atoms. The zero-order valence-corrected chi connectivity index (χ0v) is 14.4. The highest BCUT2D eigenvalue weighted by Gasteiger charge is 2.56. The van der Waals surface area contributed by atoms with Crippen LogP contribution in [0.3, 0.4) is 0 Å². The highest BCUT2D eigenvalue weighted by molar-refractivity contribution is 5.90. The van der Waals surface area contributed by atoms with Gasteiger partial charge < -0.3 is 9.64 Å². The Kier molecular flexibility index (Phi) is 5.13. The van der Waals surface area contributed by atoms with E-state index in [-0.39, 0.29) is 5.56 Å². The van der Waals surface area contributed by atoms with Gasteiger partial charge >= 0.3 is 12.1 Å². The zero-order valence-electron chi connectivity index (χ0n) is 14.4. The molecule has 0 radical (unpaired) electrons. The normalized spacial score (nSPS) is 22.8. The fraction of sp³-hybridized carbons (Fsp3) is 0.529. The Bertz CT molecular complexity index is 641. The van der Waals surface area contributed by atoms with E-state index < -0.39 is 41.8 Å². The summed E-state index contributed by atoms with van der Waals surface area (Å²) in [5, 5.41) is 2.67. The molecule has 0 aliphatic carbocycles. The molecule has 1 N–H and O–H groups in total. The molecular formula is C17H21F3N2O3. The lowest BCUT2D eigenvalue weighted by Gasteiger charge is -2.32. The minimum atomic E-state index is -4.88. The van der Waals surface area contributed by atoms with Crippen molar-refractivity contribution >= 4 is 11.9 Å². The van der Waals surface area contributed by atoms with Crippen molar-refractivity contribution in [1.82, 2.24) is 10.2 Å². The Hall–Kier alpha value is -2.09. The predicted molar refractivity (Wildman–Crippen MR) is 84.6 cm³/mol. The van der Waals surface area contributed by atoms with Gasteiger partial charge in [-0.2, -0.15) is 13.2 Å². The van der Waals surface area contributed by atoms with Crippen LogP contribution in [0.25, 0.3) is 0 Å². The van der Waals surface area contributed by atoms with E-state index in [0.29, 0.717) is 0 Å². The van der Waals surface area contributed by atoms with Crippen LogP contribution in [-0.4, -0.2) is 48.3 Å². The molecule has 0 aromatic heterocycles. The lowest BCUT2D eigenvalue weighted by Crippen LogP contribution is -2.53. The summed E-state index contributed by atoms with van der Waals surface area (Å²) in [6.45, 7) is 5.40. The van der Waals surface area contributed by atoms with Crippen molar-refractivity contribution in [3.8, 4) is 0 Å². The Morgan fingerprint density at radius 3 is 2.20 bits per heavy atom. The minimum Gasteiger partial charge on any atom is -0.447 e. The quantitative estimate of drug-likeness (QED) is 0.844. The van der Waals surface area contributed by atoms with Crippen molar-refractivity contribution in [3.05, 3.63) is 35.9 Å². The largest absolute Gasteiger partial charge is 0.447 e. The van der Waals surface area contributed by atoms with E-state index in [1.807, 2.05) is 0 Å². The van der Waals surface area contributed by atoms with Crippen LogP contribution in [-0.2, 0) is 9.53 Å². The SMILES string of the molecule is CN1C(=O)C(C(OC(=O)c2ccccc2)C(F)(F)F)NC1C(C)(C)C. The van der Waals surface area contributed by atoms with E-state index in [0.717, 1.165) is 0 Å². The summed E-state index contributed by atoms with van der Waals surface area (Å²) >= 11 is 0. The van der Waals surface area contributed by atoms with Gasteiger partial charge in [-0.05, 0) is 17.5 Å². The highest BCUT2D eigenvalue weighted by atomic mass is 19.4. The van der Waals surface area contributed by atoms with Gasteiger partial charge in [0.2, 0.25) is 12.0 Å². The maximum absolute atomic E-state index is 13.5. The number of alkyl halides is 3. The third-order valence-corrected chi connectivity index (χ3v) is 4.03. The number of carbonyl (C=O) groups excluding carboxylic acids is 2. The molecule has 0 bridgehead atoms. The number of hydrogen-bond acceptors (Lipinski definition) is 4. The van der Waals surface area contributed by atoms with Crippen molar-refractivity contribution in [2.75, 3.05) is 7.05 Å². The Balaban J connectivity index is 2.27. The lowest BCUT2D eigenvalue weighted by molar-refractivity contribution is -0.211. The first-order valence-electron chi connectivity index (χ1n) is 7.78. The first-order chi connectivity index (χ1) is 11.4. The second-order valence-electron chi connectivity index (χ2n) is 7.10. The fourth-order valence-corrected chi connectivity index (χ4v) is 2.83. The van der Waals surface area contributed by atoms with Crippen LogP contribution in [0.1, 0.15) is 31.1 Å². The molecule has 1 saturated heterocycles. The van der Waals surface area contributed by atoms with Gasteiger partial charge in [-0.1, -0.05) is 39.0 Å². The van der Waals surface area contributed by atoms with Crippen LogP contribution in [0.5, 0.6) is 0 Å². The molecule has 2 rings (SSSR count). The zero-order chi connectivity index (χ0) is 19.0. The van der Waals surface area contributed by atoms with E-state index in [1.54, 1.807) is 26.8 Å². The molecule has 1 aromatic carbocycles. The lowest BCUT2D eigenvalue weighted by atomic mass is 9.92. The van der Waals surface area contributed by atoms with Crippen molar-refractivity contribution in [2.45, 2.75) is 45.3 Å². The van der Waals surface area contributed by atoms with Crippen LogP contribution in [0.2, 0.25) is 0 Å². The number of halogens is 3. The maximum atomic E-state index is 13.5. The Labute approximate surface area is 144 Å². The number of ether oxygens (including phenoxy) is 1. The summed E-state index contributed by atoms with van der Waals surface area (Å²) in [5.74, 6) is -1.89. The van der Waals surface area contributed by atoms with Crippen molar-refractivity contribution in [2.24, 2.45) is 5.41 Å². The van der Waals surface area contributed by atoms with Gasteiger partial charge in [0, 0.05) is 7.05 Å². The molecule has 1 aliphatic rings. The molecule has 1 fully saturated rings. The molecule has 1 aliphatic heterocycles. The van der Waals surface area contributed by atoms with Crippen LogP contribution >= 0.6 is 0 Å². The summed E-state index contributed by atoms with van der Waals surface area (Å²) < 4.78 is 45.1. The van der Waals surface area contributed by atoms with Gasteiger partial charge in [0.05, 0.1) is 11.7 Å². The summed E-state index contributed by atoms with van der Waals surface area (Å²) in [7, 11) is 1.43. The first-order valence-corrected chi connectivity index (χ1v) is 7.78. The molecule has 8 heteroatoms. The summed E-state index contributed by atoms with van der Waals surface area (Å²) in [5.41, 5.74) is -0.499. The van der Waals surface area contributed by atoms with Gasteiger partial charge in [-0.25, -0.2) is 4.79 Å². The third-order valence-electron chi connectivity index (χ3n) is 4.03. The van der Waals surface area contributed by atoms with Gasteiger partial charge in [-0.3, -0.25) is 10.1 Å². The Morgan fingerprint density at radius 1 is 1.20 bits per heavy atom. The molecule has 3 unspecified atom stereocenters. The number of hydrogen-bond donors (Lipinski definition) is 1. The molecule has 3 atom stereocenters. The molecule has 138 valence electrons. The summed E-state index contributed by atoms with van der Waals surface area (Å²) in [4.78, 5) is 25.6. The first kappa shape index (κ1) is 19.2. The average Bonchev–Trinajstić information content (AvgIpc) is 2.80. The fourth-order valence-electron chi connectivity index (χ4n) is 2.83. The highest BCUT2D eigenvalue weighted by Crippen LogP contribution is 2.33. The van der Waals surface area contributed by atoms with Crippen molar-refractivity contribution in [1.29, 1.82) is 0 Å². The molecule has 0 saturated carbocycles. The second kappa shape index (κ2) is 6.67. The molecule has 1 amide bonds. The number of esters is 1. The monoisotopic (exact) mass is 358 g/mol. The smallest absolute Gasteiger partial charge is 0.427 e. The van der Waals surface area contributed by atoms with Crippen LogP contribution in [0.4, 0.5) is 13.2 Å². The van der Waals surface area contributed by atoms with E-state index in [2.05, 4.69) is 5.32 Å². The van der Waals surface area contributed by atoms with Crippen LogP contribution in [0.15, 0.2) is 30.3 Å². The van der Waals surface area contributed by atoms with Crippen LogP contribution in [0, 0.1) is 5.41 Å². The van der Waals surface area contributed by atoms with E-state index >= 15 is 0 Å². The van der Waals surface area contributed by atoms with Crippen molar-refractivity contribution < 1.29 is 27.5 Å². The predicted octanol–water partition coefficient (Wildman–Crippen LogP) is 2.58. The standard InChI is InChI=1S/C17H21F3N2O3/c1-16(2,3)15-21-11(13(23)22(15)4)12(17(18,19)20)25-14(24)10-8-6-5-7-9-10/h5-9,11-12,15,21H,1-4H3. The maximum Gasteiger partial charge on any atom is 0.427 e. The number of nitrogens with zero attached hydrogens (tertiary/aromatic N) is 1. The number of carbonyl (C=O) groups is 2. The van der Waals surface area contributed by atoms with E-state index in [4.69, 9.17) is 4.74 Å². The van der Waals surface area contributed by atoms with Gasteiger partial charge in [-0.15, -0.1) is 0 Å². The summed E-state index contributed by atoms with van der Waals surface area (Å²) in [6.07, 6.45) is -8.06. The number of rotatable bonds is 3. The van der Waals surface area contributed by atoms with E-state index in [9.17, 15) is 22.8 Å². The number of nitrogens with one attached hydrogen (secondary N) is 1. The summed E-state index contributed by atoms with van der Waals surface area (Å²) in [6, 6.07) is 5.68. The molecule has 1 aromatic rings. The Morgan fingerprint density at radius 2 is 1.76 bits per heavy atom. The van der Waals surface area contributed by atoms with Crippen molar-refractivity contribution in [3.63, 3.8) is 0 Å². The minimum absolute atomic E-state index is 0.0112. The van der Waals surface area contributed by atoms with Gasteiger partial charge in [0.25, 0.3) is 0 Å². The number of amides is 1. The molecule has 1 heterocycles. The van der Waals surface area contributed by atoms with Gasteiger partial charge in [0.15, 0.2) is 0 Å². The number of likely N-dealkylation sites (N-methyl/N-ethyl adjacent to an activating group) is 1. The molecule has 0 spiro atoms. The molecule has 5 nitrogen and oxygen atoms in total. The number of benzene rings is 1. The third kappa shape index (κ3) is 4.12. The topological polar surface area (TPSA) is 58.6 Å². The average molecular weight is 358 g/mol.